The quantitative estimate of drug-likeness (QED) is 0.339. The first-order valence-electron chi connectivity index (χ1n) is 13.7. The molecule has 11 nitrogen and oxygen atoms in total. The molecule has 0 N–H and O–H groups in total. The summed E-state index contributed by atoms with van der Waals surface area (Å²) >= 11 is 0. The maximum atomic E-state index is 13.2. The van der Waals surface area contributed by atoms with E-state index in [1.807, 2.05) is 19.1 Å². The lowest BCUT2D eigenvalue weighted by Crippen LogP contribution is -2.47. The largest absolute Gasteiger partial charge is 0.573 e. The van der Waals surface area contributed by atoms with Crippen LogP contribution in [0.25, 0.3) is 11.5 Å². The van der Waals surface area contributed by atoms with Gasteiger partial charge in [-0.05, 0) is 68.7 Å². The van der Waals surface area contributed by atoms with Crippen molar-refractivity contribution in [3.8, 4) is 17.2 Å². The lowest BCUT2D eigenvalue weighted by Gasteiger charge is -2.32. The number of halogens is 3. The van der Waals surface area contributed by atoms with Crippen molar-refractivity contribution in [3.63, 3.8) is 0 Å². The van der Waals surface area contributed by atoms with E-state index in [-0.39, 0.29) is 18.2 Å². The summed E-state index contributed by atoms with van der Waals surface area (Å²) in [5, 5.41) is 5.70. The normalized spacial score (nSPS) is 16.3. The van der Waals surface area contributed by atoms with Crippen LogP contribution in [0, 0.1) is 6.92 Å². The van der Waals surface area contributed by atoms with Gasteiger partial charge in [-0.3, -0.25) is 9.69 Å². The molecule has 1 fully saturated rings. The number of hydrogen-bond acceptors (Lipinski definition) is 10. The minimum atomic E-state index is -4.77. The van der Waals surface area contributed by atoms with Crippen LogP contribution in [0.4, 0.5) is 18.0 Å². The van der Waals surface area contributed by atoms with E-state index in [9.17, 15) is 22.8 Å². The Bertz CT molecular complexity index is 1480. The van der Waals surface area contributed by atoms with Gasteiger partial charge in [-0.25, -0.2) is 4.79 Å². The Morgan fingerprint density at radius 2 is 1.72 bits per heavy atom. The molecule has 1 saturated heterocycles. The van der Waals surface area contributed by atoms with Gasteiger partial charge in [0, 0.05) is 50.4 Å². The number of rotatable bonds is 7. The number of ether oxygens (including phenoxy) is 2. The second-order valence-electron chi connectivity index (χ2n) is 11.5. The topological polar surface area (TPSA) is 110 Å². The second-order valence-corrected chi connectivity index (χ2v) is 11.5. The average molecular weight is 604 g/mol. The first kappa shape index (κ1) is 30.3. The Balaban J connectivity index is 1.17. The number of aromatic nitrogens is 2. The zero-order valence-corrected chi connectivity index (χ0v) is 24.2. The third-order valence-corrected chi connectivity index (χ3v) is 6.81. The van der Waals surface area contributed by atoms with Crippen molar-refractivity contribution in [1.29, 1.82) is 0 Å². The molecule has 0 radical (unpaired) electrons. The van der Waals surface area contributed by atoms with E-state index in [2.05, 4.69) is 19.8 Å². The average Bonchev–Trinajstić information content (AvgIpc) is 3.49. The molecule has 1 aromatic heterocycles. The van der Waals surface area contributed by atoms with E-state index in [4.69, 9.17) is 14.1 Å². The summed E-state index contributed by atoms with van der Waals surface area (Å²) in [6.07, 6.45) is -5.50. The van der Waals surface area contributed by atoms with Crippen LogP contribution >= 0.6 is 0 Å². The molecule has 0 unspecified atom stereocenters. The fraction of sp³-hybridized carbons (Fsp3) is 0.448. The Morgan fingerprint density at radius 1 is 1.02 bits per heavy atom. The van der Waals surface area contributed by atoms with E-state index >= 15 is 0 Å². The van der Waals surface area contributed by atoms with Gasteiger partial charge in [0.25, 0.3) is 11.8 Å². The molecule has 1 amide bonds. The number of fused-ring (bicyclic) bond motifs is 1. The first-order chi connectivity index (χ1) is 20.2. The van der Waals surface area contributed by atoms with Crippen molar-refractivity contribution in [1.82, 2.24) is 25.0 Å². The van der Waals surface area contributed by atoms with Crippen LogP contribution in [0.1, 0.15) is 53.6 Å². The van der Waals surface area contributed by atoms with E-state index in [1.165, 1.54) is 24.3 Å². The van der Waals surface area contributed by atoms with Gasteiger partial charge in [-0.1, -0.05) is 17.3 Å². The number of carbonyl (C=O) groups is 2. The van der Waals surface area contributed by atoms with E-state index in [0.717, 1.165) is 11.1 Å². The second kappa shape index (κ2) is 11.8. The van der Waals surface area contributed by atoms with Crippen molar-refractivity contribution in [2.45, 2.75) is 59.3 Å². The molecular weight excluding hydrogens is 571 g/mol. The molecular formula is C29H32F3N5O6. The number of aryl methyl sites for hydroxylation is 1. The van der Waals surface area contributed by atoms with Gasteiger partial charge >= 0.3 is 12.5 Å². The smallest absolute Gasteiger partial charge is 0.427 e. The molecule has 230 valence electrons. The summed E-state index contributed by atoms with van der Waals surface area (Å²) in [6, 6.07) is 9.14. The Morgan fingerprint density at radius 3 is 2.37 bits per heavy atom. The number of amides is 1. The van der Waals surface area contributed by atoms with Gasteiger partial charge in [-0.15, -0.1) is 18.2 Å². The predicted molar refractivity (Wildman–Crippen MR) is 145 cm³/mol. The molecule has 43 heavy (non-hydrogen) atoms. The highest BCUT2D eigenvalue weighted by molar-refractivity contribution is 6.00. The van der Waals surface area contributed by atoms with Gasteiger partial charge in [0.1, 0.15) is 11.4 Å². The maximum Gasteiger partial charge on any atom is 0.573 e. The number of benzene rings is 2. The minimum absolute atomic E-state index is 0.157. The standard InChI is InChI=1S/C29H32F3N5O6/c1-18-13-20(14-21-16-36(26(38)24(18)21)15-19-5-7-22(8-6-19)40-29(30,31)32)25-33-23(34-42-25)17-35-9-11-37(12-10-35)43-27(39)41-28(2,3)4/h5-8,13-14H,9-12,15-17H2,1-4H3. The van der Waals surface area contributed by atoms with Crippen molar-refractivity contribution in [2.24, 2.45) is 0 Å². The Hall–Kier alpha value is -4.17. The molecule has 2 aromatic carbocycles. The van der Waals surface area contributed by atoms with Crippen LogP contribution in [0.5, 0.6) is 5.75 Å². The van der Waals surface area contributed by atoms with Crippen LogP contribution in [0.3, 0.4) is 0 Å². The van der Waals surface area contributed by atoms with Gasteiger partial charge in [-0.2, -0.15) is 4.98 Å². The van der Waals surface area contributed by atoms with E-state index in [1.54, 1.807) is 30.7 Å². The van der Waals surface area contributed by atoms with Crippen molar-refractivity contribution in [2.75, 3.05) is 26.2 Å². The maximum absolute atomic E-state index is 13.2. The SMILES string of the molecule is Cc1cc(-c2nc(CN3CCN(OC(=O)OC(C)(C)C)CC3)no2)cc2c1C(=O)N(Cc1ccc(OC(F)(F)F)cc1)C2. The number of nitrogens with zero attached hydrogens (tertiary/aromatic N) is 5. The number of hydrogen-bond donors (Lipinski definition) is 0. The zero-order valence-electron chi connectivity index (χ0n) is 24.2. The van der Waals surface area contributed by atoms with Crippen molar-refractivity contribution in [3.05, 3.63) is 64.5 Å². The van der Waals surface area contributed by atoms with E-state index < -0.39 is 18.1 Å². The number of alkyl halides is 3. The van der Waals surface area contributed by atoms with Crippen LogP contribution in [-0.2, 0) is 29.2 Å². The van der Waals surface area contributed by atoms with E-state index in [0.29, 0.717) is 67.7 Å². The molecule has 14 heteroatoms. The molecule has 3 heterocycles. The van der Waals surface area contributed by atoms with Crippen LogP contribution in [0.15, 0.2) is 40.9 Å². The molecule has 0 atom stereocenters. The molecule has 0 saturated carbocycles. The number of hydroxylamine groups is 2. The summed E-state index contributed by atoms with van der Waals surface area (Å²) < 4.78 is 52.0. The summed E-state index contributed by atoms with van der Waals surface area (Å²) in [5.74, 6) is 0.362. The minimum Gasteiger partial charge on any atom is -0.427 e. The first-order valence-corrected chi connectivity index (χ1v) is 13.7. The van der Waals surface area contributed by atoms with Crippen LogP contribution < -0.4 is 4.74 Å². The molecule has 5 rings (SSSR count). The Kier molecular flexibility index (Phi) is 8.34. The third-order valence-electron chi connectivity index (χ3n) is 6.81. The van der Waals surface area contributed by atoms with Crippen LogP contribution in [-0.4, -0.2) is 75.2 Å². The lowest BCUT2D eigenvalue weighted by atomic mass is 10.0. The molecule has 0 aliphatic carbocycles. The zero-order chi connectivity index (χ0) is 30.9. The van der Waals surface area contributed by atoms with Gasteiger partial charge in [0.05, 0.1) is 6.54 Å². The molecule has 2 aliphatic heterocycles. The fourth-order valence-corrected chi connectivity index (χ4v) is 4.98. The highest BCUT2D eigenvalue weighted by Crippen LogP contribution is 2.32. The summed E-state index contributed by atoms with van der Waals surface area (Å²) in [4.78, 5) is 38.6. The monoisotopic (exact) mass is 603 g/mol. The van der Waals surface area contributed by atoms with Gasteiger partial charge < -0.3 is 23.7 Å². The summed E-state index contributed by atoms with van der Waals surface area (Å²) in [6.45, 7) is 10.4. The number of carbonyl (C=O) groups excluding carboxylic acids is 2. The molecule has 0 bridgehead atoms. The molecule has 2 aliphatic rings. The highest BCUT2D eigenvalue weighted by atomic mass is 19.4. The predicted octanol–water partition coefficient (Wildman–Crippen LogP) is 5.08. The third kappa shape index (κ3) is 7.82. The molecule has 3 aromatic rings. The fourth-order valence-electron chi connectivity index (χ4n) is 4.98. The number of piperazine rings is 1. The van der Waals surface area contributed by atoms with Crippen molar-refractivity contribution >= 4 is 12.1 Å². The van der Waals surface area contributed by atoms with Crippen LogP contribution in [0.2, 0.25) is 0 Å². The van der Waals surface area contributed by atoms with Crippen molar-refractivity contribution < 1.29 is 41.6 Å². The summed E-state index contributed by atoms with van der Waals surface area (Å²) in [5.41, 5.74) is 2.89. The Labute approximate surface area is 246 Å². The lowest BCUT2D eigenvalue weighted by molar-refractivity contribution is -0.274. The van der Waals surface area contributed by atoms with Gasteiger partial charge in [0.2, 0.25) is 0 Å². The highest BCUT2D eigenvalue weighted by Gasteiger charge is 2.32. The van der Waals surface area contributed by atoms with Gasteiger partial charge in [0.15, 0.2) is 5.82 Å². The molecule has 0 spiro atoms. The summed E-state index contributed by atoms with van der Waals surface area (Å²) in [7, 11) is 0.